The molecule has 0 radical (unpaired) electrons. The van der Waals surface area contributed by atoms with Crippen LogP contribution < -0.4 is 0 Å². The molecular formula is C14H18F3NO. The predicted molar refractivity (Wildman–Crippen MR) is 66.6 cm³/mol. The lowest BCUT2D eigenvalue weighted by atomic mass is 9.95. The number of rotatable bonds is 2. The smallest absolute Gasteiger partial charge is 0.389 e. The summed E-state index contributed by atoms with van der Waals surface area (Å²) in [5.74, 6) is 0. The SMILES string of the molecule is CC1(O)CCCN(Cc2cccc(C(F)(F)F)c2)C1. The van der Waals surface area contributed by atoms with Gasteiger partial charge in [-0.1, -0.05) is 18.2 Å². The summed E-state index contributed by atoms with van der Waals surface area (Å²) in [6, 6.07) is 5.39. The quantitative estimate of drug-likeness (QED) is 0.895. The van der Waals surface area contributed by atoms with Gasteiger partial charge in [-0.05, 0) is 37.9 Å². The van der Waals surface area contributed by atoms with E-state index >= 15 is 0 Å². The van der Waals surface area contributed by atoms with Gasteiger partial charge in [-0.2, -0.15) is 13.2 Å². The van der Waals surface area contributed by atoms with Crippen molar-refractivity contribution in [1.29, 1.82) is 0 Å². The monoisotopic (exact) mass is 273 g/mol. The summed E-state index contributed by atoms with van der Waals surface area (Å²) in [7, 11) is 0. The van der Waals surface area contributed by atoms with Crippen molar-refractivity contribution in [2.24, 2.45) is 0 Å². The van der Waals surface area contributed by atoms with Gasteiger partial charge in [-0.3, -0.25) is 4.90 Å². The minimum atomic E-state index is -4.30. The summed E-state index contributed by atoms with van der Waals surface area (Å²) in [5, 5.41) is 9.99. The molecule has 1 unspecified atom stereocenters. The Bertz CT molecular complexity index is 443. The Morgan fingerprint density at radius 2 is 2.11 bits per heavy atom. The maximum Gasteiger partial charge on any atom is 0.416 e. The van der Waals surface area contributed by atoms with E-state index in [0.29, 0.717) is 18.7 Å². The number of halogens is 3. The molecule has 19 heavy (non-hydrogen) atoms. The second-order valence-electron chi connectivity index (χ2n) is 5.51. The van der Waals surface area contributed by atoms with E-state index in [9.17, 15) is 18.3 Å². The summed E-state index contributed by atoms with van der Waals surface area (Å²) in [4.78, 5) is 2.00. The van der Waals surface area contributed by atoms with Gasteiger partial charge < -0.3 is 5.11 Å². The molecule has 0 aromatic heterocycles. The Morgan fingerprint density at radius 3 is 2.74 bits per heavy atom. The first kappa shape index (κ1) is 14.3. The second-order valence-corrected chi connectivity index (χ2v) is 5.51. The fraction of sp³-hybridized carbons (Fsp3) is 0.571. The van der Waals surface area contributed by atoms with Crippen molar-refractivity contribution in [1.82, 2.24) is 4.90 Å². The van der Waals surface area contributed by atoms with E-state index in [1.165, 1.54) is 12.1 Å². The molecular weight excluding hydrogens is 255 g/mol. The minimum Gasteiger partial charge on any atom is -0.389 e. The molecule has 5 heteroatoms. The van der Waals surface area contributed by atoms with Crippen LogP contribution in [0.3, 0.4) is 0 Å². The van der Waals surface area contributed by atoms with E-state index in [1.807, 2.05) is 4.90 Å². The highest BCUT2D eigenvalue weighted by atomic mass is 19.4. The fourth-order valence-corrected chi connectivity index (χ4v) is 2.56. The number of piperidine rings is 1. The number of likely N-dealkylation sites (tertiary alicyclic amines) is 1. The molecule has 1 aromatic rings. The minimum absolute atomic E-state index is 0.445. The third-order valence-electron chi connectivity index (χ3n) is 3.41. The topological polar surface area (TPSA) is 23.5 Å². The van der Waals surface area contributed by atoms with Gasteiger partial charge >= 0.3 is 6.18 Å². The first-order valence-electron chi connectivity index (χ1n) is 6.37. The zero-order valence-corrected chi connectivity index (χ0v) is 10.9. The summed E-state index contributed by atoms with van der Waals surface area (Å²) < 4.78 is 37.8. The number of hydrogen-bond acceptors (Lipinski definition) is 2. The summed E-state index contributed by atoms with van der Waals surface area (Å²) in [6.07, 6.45) is -2.69. The molecule has 1 aliphatic rings. The molecule has 1 aromatic carbocycles. The highest BCUT2D eigenvalue weighted by Gasteiger charge is 2.31. The molecule has 106 valence electrons. The van der Waals surface area contributed by atoms with E-state index < -0.39 is 17.3 Å². The van der Waals surface area contributed by atoms with Crippen LogP contribution in [0.2, 0.25) is 0 Å². The molecule has 2 nitrogen and oxygen atoms in total. The van der Waals surface area contributed by atoms with Gasteiger partial charge in [0.2, 0.25) is 0 Å². The van der Waals surface area contributed by atoms with Crippen molar-refractivity contribution >= 4 is 0 Å². The van der Waals surface area contributed by atoms with Gasteiger partial charge in [0, 0.05) is 13.1 Å². The lowest BCUT2D eigenvalue weighted by Gasteiger charge is -2.36. The van der Waals surface area contributed by atoms with Crippen molar-refractivity contribution in [3.63, 3.8) is 0 Å². The molecule has 1 fully saturated rings. The summed E-state index contributed by atoms with van der Waals surface area (Å²) >= 11 is 0. The van der Waals surface area contributed by atoms with Crippen LogP contribution in [0.25, 0.3) is 0 Å². The van der Waals surface area contributed by atoms with Crippen LogP contribution in [0.5, 0.6) is 0 Å². The Balaban J connectivity index is 2.07. The number of nitrogens with zero attached hydrogens (tertiary/aromatic N) is 1. The van der Waals surface area contributed by atoms with Crippen molar-refractivity contribution in [3.05, 3.63) is 35.4 Å². The first-order valence-corrected chi connectivity index (χ1v) is 6.37. The molecule has 0 spiro atoms. The Hall–Kier alpha value is -1.07. The van der Waals surface area contributed by atoms with Gasteiger partial charge in [0.05, 0.1) is 11.2 Å². The van der Waals surface area contributed by atoms with Crippen molar-refractivity contribution in [2.45, 2.75) is 38.1 Å². The standard InChI is InChI=1S/C14H18F3NO/c1-13(19)6-3-7-18(10-13)9-11-4-2-5-12(8-11)14(15,16)17/h2,4-5,8,19H,3,6-7,9-10H2,1H3. The van der Waals surface area contributed by atoms with Crippen molar-refractivity contribution in [2.75, 3.05) is 13.1 Å². The first-order chi connectivity index (χ1) is 8.76. The molecule has 0 amide bonds. The summed E-state index contributed by atoms with van der Waals surface area (Å²) in [6.45, 7) is 3.53. The van der Waals surface area contributed by atoms with Crippen molar-refractivity contribution in [3.8, 4) is 0 Å². The Morgan fingerprint density at radius 1 is 1.37 bits per heavy atom. The van der Waals surface area contributed by atoms with Gasteiger partial charge in [0.15, 0.2) is 0 Å². The molecule has 1 aliphatic heterocycles. The number of benzene rings is 1. The second kappa shape index (κ2) is 5.13. The van der Waals surface area contributed by atoms with Gasteiger partial charge in [-0.25, -0.2) is 0 Å². The summed E-state index contributed by atoms with van der Waals surface area (Å²) in [5.41, 5.74) is -0.721. The Labute approximate surface area is 110 Å². The highest BCUT2D eigenvalue weighted by Crippen LogP contribution is 2.30. The molecule has 1 N–H and O–H groups in total. The maximum atomic E-state index is 12.6. The molecule has 0 aliphatic carbocycles. The van der Waals surface area contributed by atoms with Crippen LogP contribution in [-0.4, -0.2) is 28.7 Å². The highest BCUT2D eigenvalue weighted by molar-refractivity contribution is 5.25. The van der Waals surface area contributed by atoms with Crippen LogP contribution in [0.1, 0.15) is 30.9 Å². The van der Waals surface area contributed by atoms with Gasteiger partial charge in [-0.15, -0.1) is 0 Å². The molecule has 0 saturated carbocycles. The normalized spacial score (nSPS) is 25.5. The molecule has 1 heterocycles. The average molecular weight is 273 g/mol. The zero-order valence-electron chi connectivity index (χ0n) is 10.9. The molecule has 1 atom stereocenters. The van der Waals surface area contributed by atoms with E-state index in [1.54, 1.807) is 13.0 Å². The molecule has 1 saturated heterocycles. The average Bonchev–Trinajstić information content (AvgIpc) is 2.26. The lowest BCUT2D eigenvalue weighted by Crippen LogP contribution is -2.45. The predicted octanol–water partition coefficient (Wildman–Crippen LogP) is 3.05. The van der Waals surface area contributed by atoms with Crippen LogP contribution >= 0.6 is 0 Å². The van der Waals surface area contributed by atoms with E-state index in [2.05, 4.69) is 0 Å². The van der Waals surface area contributed by atoms with Crippen LogP contribution in [0.15, 0.2) is 24.3 Å². The number of β-amino-alcohol motifs (C(OH)–C–C–N with tert-alkyl or cyclic N) is 1. The largest absolute Gasteiger partial charge is 0.416 e. The third kappa shape index (κ3) is 3.94. The lowest BCUT2D eigenvalue weighted by molar-refractivity contribution is -0.137. The van der Waals surface area contributed by atoms with E-state index in [-0.39, 0.29) is 0 Å². The number of aliphatic hydroxyl groups is 1. The van der Waals surface area contributed by atoms with Gasteiger partial charge in [0.25, 0.3) is 0 Å². The van der Waals surface area contributed by atoms with Crippen LogP contribution in [-0.2, 0) is 12.7 Å². The van der Waals surface area contributed by atoms with E-state index in [4.69, 9.17) is 0 Å². The number of alkyl halides is 3. The number of hydrogen-bond donors (Lipinski definition) is 1. The maximum absolute atomic E-state index is 12.6. The fourth-order valence-electron chi connectivity index (χ4n) is 2.56. The van der Waals surface area contributed by atoms with Crippen molar-refractivity contribution < 1.29 is 18.3 Å². The Kier molecular flexibility index (Phi) is 3.87. The zero-order chi connectivity index (χ0) is 14.1. The molecule has 0 bridgehead atoms. The van der Waals surface area contributed by atoms with E-state index in [0.717, 1.165) is 25.5 Å². The third-order valence-corrected chi connectivity index (χ3v) is 3.41. The van der Waals surface area contributed by atoms with Gasteiger partial charge in [0.1, 0.15) is 0 Å². The molecule has 2 rings (SSSR count). The van der Waals surface area contributed by atoms with Crippen LogP contribution in [0.4, 0.5) is 13.2 Å². The van der Waals surface area contributed by atoms with Crippen LogP contribution in [0, 0.1) is 0 Å².